The van der Waals surface area contributed by atoms with Crippen molar-refractivity contribution in [3.8, 4) is 28.0 Å². The lowest BCUT2D eigenvalue weighted by Gasteiger charge is -2.09. The maximum absolute atomic E-state index is 5.40. The summed E-state index contributed by atoms with van der Waals surface area (Å²) in [6.07, 6.45) is 1.62. The number of aromatic nitrogens is 6. The Kier molecular flexibility index (Phi) is 4.90. The van der Waals surface area contributed by atoms with Gasteiger partial charge in [0.2, 0.25) is 5.88 Å². The lowest BCUT2D eigenvalue weighted by atomic mass is 10.2. The van der Waals surface area contributed by atoms with Crippen LogP contribution in [0.5, 0.6) is 5.88 Å². The third-order valence-corrected chi connectivity index (χ3v) is 5.29. The maximum atomic E-state index is 5.40. The largest absolute Gasteiger partial charge is 0.481 e. The van der Waals surface area contributed by atoms with Gasteiger partial charge in [-0.25, -0.2) is 4.98 Å². The van der Waals surface area contributed by atoms with Gasteiger partial charge in [0.25, 0.3) is 5.89 Å². The van der Waals surface area contributed by atoms with Crippen LogP contribution in [-0.4, -0.2) is 37.0 Å². The second kappa shape index (κ2) is 7.49. The molecule has 1 atom stereocenters. The van der Waals surface area contributed by atoms with Crippen LogP contribution in [0.25, 0.3) is 22.2 Å². The van der Waals surface area contributed by atoms with Gasteiger partial charge >= 0.3 is 0 Å². The number of nitrogens with zero attached hydrogens (tertiary/aromatic N) is 6. The van der Waals surface area contributed by atoms with Crippen molar-refractivity contribution in [3.63, 3.8) is 0 Å². The molecule has 0 saturated carbocycles. The van der Waals surface area contributed by atoms with Crippen LogP contribution in [0.2, 0.25) is 0 Å². The standard InChI is InChI=1S/C17H16N6O2S2/c1-3-23-15(11-5-4-8-27-11)20-21-16(23)13(26)14-19-17(25-22-14)10-6-7-18-12(9-10)24-2/h4-9,13,26H,3H2,1-2H3. The molecular weight excluding hydrogens is 384 g/mol. The molecule has 138 valence electrons. The number of thiol groups is 1. The molecule has 0 amide bonds. The van der Waals surface area contributed by atoms with Crippen LogP contribution in [0.3, 0.4) is 0 Å². The van der Waals surface area contributed by atoms with E-state index in [9.17, 15) is 0 Å². The first kappa shape index (κ1) is 17.7. The van der Waals surface area contributed by atoms with Gasteiger partial charge in [0.1, 0.15) is 5.25 Å². The van der Waals surface area contributed by atoms with E-state index in [4.69, 9.17) is 9.26 Å². The van der Waals surface area contributed by atoms with E-state index in [-0.39, 0.29) is 0 Å². The van der Waals surface area contributed by atoms with E-state index in [0.29, 0.717) is 30.0 Å². The summed E-state index contributed by atoms with van der Waals surface area (Å²) in [6.45, 7) is 2.74. The lowest BCUT2D eigenvalue weighted by molar-refractivity contribution is 0.396. The van der Waals surface area contributed by atoms with Gasteiger partial charge in [0, 0.05) is 24.4 Å². The minimum atomic E-state index is -0.465. The molecule has 4 aromatic heterocycles. The van der Waals surface area contributed by atoms with Crippen molar-refractivity contribution in [2.75, 3.05) is 7.11 Å². The molecule has 4 heterocycles. The Morgan fingerprint density at radius 3 is 2.96 bits per heavy atom. The minimum Gasteiger partial charge on any atom is -0.481 e. The number of thiophene rings is 1. The highest BCUT2D eigenvalue weighted by Gasteiger charge is 2.25. The number of hydrogen-bond acceptors (Lipinski definition) is 9. The predicted octanol–water partition coefficient (Wildman–Crippen LogP) is 3.50. The molecule has 0 saturated heterocycles. The molecule has 0 N–H and O–H groups in total. The van der Waals surface area contributed by atoms with Gasteiger partial charge < -0.3 is 13.8 Å². The Bertz CT molecular complexity index is 1040. The van der Waals surface area contributed by atoms with Crippen molar-refractivity contribution >= 4 is 24.0 Å². The molecule has 0 aliphatic carbocycles. The molecule has 0 aliphatic rings. The van der Waals surface area contributed by atoms with Crippen LogP contribution in [0, 0.1) is 0 Å². The fourth-order valence-corrected chi connectivity index (χ4v) is 3.66. The van der Waals surface area contributed by atoms with E-state index < -0.39 is 5.25 Å². The van der Waals surface area contributed by atoms with Crippen molar-refractivity contribution < 1.29 is 9.26 Å². The molecule has 0 radical (unpaired) electrons. The highest BCUT2D eigenvalue weighted by Crippen LogP contribution is 2.31. The van der Waals surface area contributed by atoms with Crippen LogP contribution in [0.4, 0.5) is 0 Å². The molecule has 8 nitrogen and oxygen atoms in total. The third-order valence-electron chi connectivity index (χ3n) is 3.96. The summed E-state index contributed by atoms with van der Waals surface area (Å²) < 4.78 is 12.5. The van der Waals surface area contributed by atoms with Gasteiger partial charge in [-0.2, -0.15) is 17.6 Å². The number of hydrogen-bond donors (Lipinski definition) is 1. The topological polar surface area (TPSA) is 91.8 Å². The fourth-order valence-electron chi connectivity index (χ4n) is 2.65. The van der Waals surface area contributed by atoms with E-state index in [2.05, 4.69) is 38.0 Å². The number of ether oxygens (including phenoxy) is 1. The first-order chi connectivity index (χ1) is 13.2. The van der Waals surface area contributed by atoms with E-state index in [1.54, 1.807) is 36.8 Å². The second-order valence-corrected chi connectivity index (χ2v) is 7.01. The van der Waals surface area contributed by atoms with Crippen molar-refractivity contribution in [1.82, 2.24) is 29.9 Å². The van der Waals surface area contributed by atoms with Crippen molar-refractivity contribution in [3.05, 3.63) is 47.5 Å². The quantitative estimate of drug-likeness (QED) is 0.495. The Labute approximate surface area is 164 Å². The van der Waals surface area contributed by atoms with Gasteiger partial charge in [-0.05, 0) is 24.4 Å². The SMILES string of the molecule is CCn1c(-c2cccs2)nnc1C(S)c1noc(-c2ccnc(OC)c2)n1. The molecule has 0 fully saturated rings. The van der Waals surface area contributed by atoms with E-state index >= 15 is 0 Å². The van der Waals surface area contributed by atoms with E-state index in [0.717, 1.165) is 16.3 Å². The zero-order valence-corrected chi connectivity index (χ0v) is 16.3. The van der Waals surface area contributed by atoms with Gasteiger partial charge in [-0.3, -0.25) is 0 Å². The molecule has 0 spiro atoms. The summed E-state index contributed by atoms with van der Waals surface area (Å²) in [5.74, 6) is 2.74. The summed E-state index contributed by atoms with van der Waals surface area (Å²) in [6, 6.07) is 7.51. The summed E-state index contributed by atoms with van der Waals surface area (Å²) in [5.41, 5.74) is 0.720. The number of methoxy groups -OCH3 is 1. The summed E-state index contributed by atoms with van der Waals surface area (Å²) >= 11 is 6.28. The molecule has 10 heteroatoms. The molecule has 0 aromatic carbocycles. The first-order valence-electron chi connectivity index (χ1n) is 8.20. The van der Waals surface area contributed by atoms with Gasteiger partial charge in [-0.1, -0.05) is 11.2 Å². The zero-order chi connectivity index (χ0) is 18.8. The van der Waals surface area contributed by atoms with E-state index in [1.165, 1.54) is 0 Å². The van der Waals surface area contributed by atoms with Gasteiger partial charge in [-0.15, -0.1) is 21.5 Å². The molecule has 1 unspecified atom stereocenters. The average molecular weight is 400 g/mol. The highest BCUT2D eigenvalue weighted by atomic mass is 32.1. The highest BCUT2D eigenvalue weighted by molar-refractivity contribution is 7.80. The summed E-state index contributed by atoms with van der Waals surface area (Å²) in [7, 11) is 1.55. The number of pyridine rings is 1. The molecule has 0 aliphatic heterocycles. The normalized spacial score (nSPS) is 12.3. The minimum absolute atomic E-state index is 0.366. The molecule has 4 aromatic rings. The number of rotatable bonds is 6. The average Bonchev–Trinajstić information content (AvgIpc) is 3.47. The maximum Gasteiger partial charge on any atom is 0.258 e. The van der Waals surface area contributed by atoms with Crippen LogP contribution in [0.15, 0.2) is 40.4 Å². The van der Waals surface area contributed by atoms with Crippen molar-refractivity contribution in [2.24, 2.45) is 0 Å². The Morgan fingerprint density at radius 1 is 1.33 bits per heavy atom. The Balaban J connectivity index is 1.66. The zero-order valence-electron chi connectivity index (χ0n) is 14.6. The molecule has 27 heavy (non-hydrogen) atoms. The van der Waals surface area contributed by atoms with Crippen LogP contribution in [-0.2, 0) is 6.54 Å². The third kappa shape index (κ3) is 3.33. The summed E-state index contributed by atoms with van der Waals surface area (Å²) in [5, 5.41) is 14.3. The predicted molar refractivity (Wildman–Crippen MR) is 104 cm³/mol. The lowest BCUT2D eigenvalue weighted by Crippen LogP contribution is -2.07. The van der Waals surface area contributed by atoms with Crippen molar-refractivity contribution in [2.45, 2.75) is 18.7 Å². The van der Waals surface area contributed by atoms with Crippen molar-refractivity contribution in [1.29, 1.82) is 0 Å². The smallest absolute Gasteiger partial charge is 0.258 e. The van der Waals surface area contributed by atoms with Crippen LogP contribution in [0.1, 0.15) is 23.8 Å². The Hall–Kier alpha value is -2.72. The van der Waals surface area contributed by atoms with Gasteiger partial charge in [0.05, 0.1) is 12.0 Å². The van der Waals surface area contributed by atoms with Crippen LogP contribution >= 0.6 is 24.0 Å². The van der Waals surface area contributed by atoms with Crippen LogP contribution < -0.4 is 4.74 Å². The Morgan fingerprint density at radius 2 is 2.22 bits per heavy atom. The molecule has 0 bridgehead atoms. The van der Waals surface area contributed by atoms with E-state index in [1.807, 2.05) is 29.0 Å². The fraction of sp³-hybridized carbons (Fsp3) is 0.235. The second-order valence-electron chi connectivity index (χ2n) is 5.55. The molecule has 4 rings (SSSR count). The molecular formula is C17H16N6O2S2. The first-order valence-corrected chi connectivity index (χ1v) is 9.60. The monoisotopic (exact) mass is 400 g/mol. The summed E-state index contributed by atoms with van der Waals surface area (Å²) in [4.78, 5) is 9.59. The van der Waals surface area contributed by atoms with Gasteiger partial charge in [0.15, 0.2) is 17.5 Å².